The molecule has 0 bridgehead atoms. The van der Waals surface area contributed by atoms with Gasteiger partial charge in [-0.1, -0.05) is 12.1 Å². The smallest absolute Gasteiger partial charge is 0.228 e. The highest BCUT2D eigenvalue weighted by molar-refractivity contribution is 5.91. The Kier molecular flexibility index (Phi) is 2.66. The first kappa shape index (κ1) is 11.1. The normalized spacial score (nSPS) is 24.7. The molecule has 0 spiro atoms. The second-order valence-corrected chi connectivity index (χ2v) is 4.66. The van der Waals surface area contributed by atoms with E-state index in [2.05, 4.69) is 16.5 Å². The highest BCUT2D eigenvalue weighted by atomic mass is 16.5. The molecule has 0 saturated heterocycles. The average molecular weight is 245 g/mol. The molecule has 1 aromatic rings. The molecule has 5 heteroatoms. The minimum Gasteiger partial charge on any atom is -0.493 e. The van der Waals surface area contributed by atoms with E-state index in [4.69, 9.17) is 10.6 Å². The van der Waals surface area contributed by atoms with Crippen LogP contribution in [0.3, 0.4) is 0 Å². The van der Waals surface area contributed by atoms with Crippen LogP contribution in [0.15, 0.2) is 23.3 Å². The second kappa shape index (κ2) is 4.33. The first-order valence-corrected chi connectivity index (χ1v) is 6.08. The molecule has 0 unspecified atom stereocenters. The minimum atomic E-state index is -0.00859. The van der Waals surface area contributed by atoms with Crippen molar-refractivity contribution in [1.29, 1.82) is 0 Å². The third kappa shape index (κ3) is 1.81. The number of carbonyl (C=O) groups excluding carboxylic acids is 1. The number of hydrazone groups is 1. The van der Waals surface area contributed by atoms with Crippen LogP contribution in [0.2, 0.25) is 0 Å². The van der Waals surface area contributed by atoms with Crippen LogP contribution in [0.4, 0.5) is 0 Å². The topological polar surface area (TPSA) is 76.7 Å². The van der Waals surface area contributed by atoms with Crippen molar-refractivity contribution in [2.24, 2.45) is 16.9 Å². The summed E-state index contributed by atoms with van der Waals surface area (Å²) in [6, 6.07) is 6.08. The van der Waals surface area contributed by atoms with Crippen molar-refractivity contribution in [3.05, 3.63) is 29.3 Å². The van der Waals surface area contributed by atoms with Gasteiger partial charge in [-0.25, -0.2) is 0 Å². The van der Waals surface area contributed by atoms with E-state index in [9.17, 15) is 4.79 Å². The Morgan fingerprint density at radius 3 is 3.28 bits per heavy atom. The van der Waals surface area contributed by atoms with Crippen LogP contribution >= 0.6 is 0 Å². The molecule has 1 aliphatic heterocycles. The van der Waals surface area contributed by atoms with Crippen molar-refractivity contribution >= 4 is 12.2 Å². The number of nitrogens with two attached hydrogens (primary N) is 1. The van der Waals surface area contributed by atoms with Gasteiger partial charge in [-0.05, 0) is 24.0 Å². The fourth-order valence-corrected chi connectivity index (χ4v) is 2.63. The summed E-state index contributed by atoms with van der Waals surface area (Å²) in [7, 11) is 0. The molecule has 1 amide bonds. The standard InChI is InChI=1S/C13H15N3O2/c14-16-7-15-13(17)11-6-10(11)8-2-1-3-12-9(8)4-5-18-12/h1-3,7,10-11H,4-6,14H2,(H,15,16,17)/t10-,11+/m1/s1. The number of carbonyl (C=O) groups is 1. The zero-order valence-electron chi connectivity index (χ0n) is 9.93. The quantitative estimate of drug-likeness (QED) is 0.357. The Hall–Kier alpha value is -2.04. The number of nitrogens with zero attached hydrogens (tertiary/aromatic N) is 1. The summed E-state index contributed by atoms with van der Waals surface area (Å²) in [4.78, 5) is 11.8. The van der Waals surface area contributed by atoms with Gasteiger partial charge in [-0.3, -0.25) is 4.79 Å². The fourth-order valence-electron chi connectivity index (χ4n) is 2.63. The number of hydrogen-bond donors (Lipinski definition) is 2. The van der Waals surface area contributed by atoms with E-state index < -0.39 is 0 Å². The summed E-state index contributed by atoms with van der Waals surface area (Å²) in [5.41, 5.74) is 2.53. The van der Waals surface area contributed by atoms with Gasteiger partial charge in [0, 0.05) is 17.9 Å². The lowest BCUT2D eigenvalue weighted by molar-refractivity contribution is -0.120. The monoisotopic (exact) mass is 245 g/mol. The van der Waals surface area contributed by atoms with Crippen LogP contribution in [-0.4, -0.2) is 18.9 Å². The highest BCUT2D eigenvalue weighted by Crippen LogP contribution is 2.50. The van der Waals surface area contributed by atoms with Crippen LogP contribution in [0.1, 0.15) is 23.5 Å². The largest absolute Gasteiger partial charge is 0.493 e. The summed E-state index contributed by atoms with van der Waals surface area (Å²) in [6.07, 6.45) is 3.07. The maximum atomic E-state index is 11.8. The number of fused-ring (bicyclic) bond motifs is 1. The highest BCUT2D eigenvalue weighted by Gasteiger charge is 2.45. The molecule has 3 rings (SSSR count). The fraction of sp³-hybridized carbons (Fsp3) is 0.385. The van der Waals surface area contributed by atoms with Gasteiger partial charge < -0.3 is 15.9 Å². The third-order valence-electron chi connectivity index (χ3n) is 3.59. The molecule has 5 nitrogen and oxygen atoms in total. The first-order chi connectivity index (χ1) is 8.81. The van der Waals surface area contributed by atoms with Gasteiger partial charge in [-0.15, -0.1) is 0 Å². The van der Waals surface area contributed by atoms with Crippen LogP contribution < -0.4 is 15.9 Å². The molecule has 2 atom stereocenters. The summed E-state index contributed by atoms with van der Waals surface area (Å²) in [5.74, 6) is 6.27. The van der Waals surface area contributed by atoms with Crippen molar-refractivity contribution < 1.29 is 9.53 Å². The number of amides is 1. The lowest BCUT2D eigenvalue weighted by atomic mass is 10.00. The predicted octanol–water partition coefficient (Wildman–Crippen LogP) is 0.743. The molecule has 1 fully saturated rings. The van der Waals surface area contributed by atoms with Gasteiger partial charge in [0.2, 0.25) is 5.91 Å². The van der Waals surface area contributed by atoms with Gasteiger partial charge in [0.05, 0.1) is 6.61 Å². The van der Waals surface area contributed by atoms with Gasteiger partial charge in [0.25, 0.3) is 0 Å². The maximum absolute atomic E-state index is 11.8. The maximum Gasteiger partial charge on any atom is 0.228 e. The predicted molar refractivity (Wildman–Crippen MR) is 67.3 cm³/mol. The van der Waals surface area contributed by atoms with Gasteiger partial charge in [0.1, 0.15) is 12.1 Å². The molecule has 0 aromatic heterocycles. The Balaban J connectivity index is 1.75. The van der Waals surface area contributed by atoms with E-state index in [1.807, 2.05) is 12.1 Å². The van der Waals surface area contributed by atoms with Crippen molar-refractivity contribution in [1.82, 2.24) is 5.32 Å². The van der Waals surface area contributed by atoms with E-state index in [0.29, 0.717) is 5.92 Å². The Morgan fingerprint density at radius 1 is 1.56 bits per heavy atom. The number of benzene rings is 1. The van der Waals surface area contributed by atoms with Gasteiger partial charge in [0.15, 0.2) is 0 Å². The Morgan fingerprint density at radius 2 is 2.44 bits per heavy atom. The SMILES string of the molecule is NN=CNC(=O)[C@H]1C[C@@H]1c1cccc2c1CCO2. The van der Waals surface area contributed by atoms with Crippen molar-refractivity contribution in [3.8, 4) is 5.75 Å². The summed E-state index contributed by atoms with van der Waals surface area (Å²) < 4.78 is 5.54. The van der Waals surface area contributed by atoms with E-state index >= 15 is 0 Å². The summed E-state index contributed by atoms with van der Waals surface area (Å²) >= 11 is 0. The zero-order valence-corrected chi connectivity index (χ0v) is 9.93. The van der Waals surface area contributed by atoms with Crippen molar-refractivity contribution in [2.75, 3.05) is 6.61 Å². The molecule has 1 heterocycles. The Bertz CT molecular complexity index is 513. The van der Waals surface area contributed by atoms with E-state index in [-0.39, 0.29) is 11.8 Å². The average Bonchev–Trinajstić information content (AvgIpc) is 3.04. The molecular formula is C13H15N3O2. The molecule has 94 valence electrons. The number of hydrogen-bond acceptors (Lipinski definition) is 4. The number of nitrogens with one attached hydrogen (secondary N) is 1. The lowest BCUT2D eigenvalue weighted by Crippen LogP contribution is -2.24. The van der Waals surface area contributed by atoms with Crippen LogP contribution in [0.25, 0.3) is 0 Å². The molecule has 3 N–H and O–H groups in total. The number of rotatable bonds is 3. The molecule has 1 saturated carbocycles. The van der Waals surface area contributed by atoms with E-state index in [0.717, 1.165) is 25.2 Å². The van der Waals surface area contributed by atoms with Gasteiger partial charge in [-0.2, -0.15) is 5.10 Å². The van der Waals surface area contributed by atoms with Gasteiger partial charge >= 0.3 is 0 Å². The third-order valence-corrected chi connectivity index (χ3v) is 3.59. The van der Waals surface area contributed by atoms with E-state index in [1.54, 1.807) is 0 Å². The van der Waals surface area contributed by atoms with Crippen LogP contribution in [0.5, 0.6) is 5.75 Å². The summed E-state index contributed by atoms with van der Waals surface area (Å²) in [5, 5.41) is 5.84. The molecule has 1 aliphatic carbocycles. The summed E-state index contributed by atoms with van der Waals surface area (Å²) in [6.45, 7) is 0.746. The van der Waals surface area contributed by atoms with E-state index in [1.165, 1.54) is 17.5 Å². The zero-order chi connectivity index (χ0) is 12.5. The van der Waals surface area contributed by atoms with Crippen molar-refractivity contribution in [2.45, 2.75) is 18.8 Å². The minimum absolute atomic E-state index is 0.00859. The molecule has 2 aliphatic rings. The van der Waals surface area contributed by atoms with Crippen LogP contribution in [0, 0.1) is 5.92 Å². The molecule has 18 heavy (non-hydrogen) atoms. The lowest BCUT2D eigenvalue weighted by Gasteiger charge is -2.06. The molecule has 1 aromatic carbocycles. The number of ether oxygens (including phenoxy) is 1. The first-order valence-electron chi connectivity index (χ1n) is 6.08. The second-order valence-electron chi connectivity index (χ2n) is 4.66. The molecular weight excluding hydrogens is 230 g/mol. The Labute approximate surface area is 105 Å². The molecule has 0 radical (unpaired) electrons. The van der Waals surface area contributed by atoms with Crippen molar-refractivity contribution in [3.63, 3.8) is 0 Å². The van der Waals surface area contributed by atoms with Crippen LogP contribution in [-0.2, 0) is 11.2 Å².